The molecule has 2 aromatic carbocycles. The normalized spacial score (nSPS) is 10.6. The van der Waals surface area contributed by atoms with Gasteiger partial charge in [0.25, 0.3) is 11.8 Å². The van der Waals surface area contributed by atoms with Crippen molar-refractivity contribution in [3.63, 3.8) is 0 Å². The average molecular weight is 419 g/mol. The van der Waals surface area contributed by atoms with E-state index in [0.29, 0.717) is 47.7 Å². The van der Waals surface area contributed by atoms with E-state index in [1.165, 1.54) is 0 Å². The van der Waals surface area contributed by atoms with Gasteiger partial charge in [-0.05, 0) is 49.4 Å². The maximum atomic E-state index is 12.1. The van der Waals surface area contributed by atoms with E-state index in [0.717, 1.165) is 5.56 Å². The number of benzene rings is 2. The molecular formula is C23H21N3O5. The minimum Gasteiger partial charge on any atom is -0.490 e. The van der Waals surface area contributed by atoms with Gasteiger partial charge in [-0.25, -0.2) is 0 Å². The molecule has 0 aliphatic carbocycles. The van der Waals surface area contributed by atoms with Crippen LogP contribution in [-0.2, 0) is 11.3 Å². The molecule has 0 atom stereocenters. The Morgan fingerprint density at radius 2 is 1.87 bits per heavy atom. The third-order valence-corrected chi connectivity index (χ3v) is 4.35. The van der Waals surface area contributed by atoms with Gasteiger partial charge in [0.2, 0.25) is 5.82 Å². The lowest BCUT2D eigenvalue weighted by molar-refractivity contribution is -0.123. The standard InChI is InChI=1S/C23H21N3O5/c1-2-28-20-13-17(22-25-23(31-26-22)16-7-4-3-5-8-16)10-11-19(20)30-15-21(27)24-14-18-9-6-12-29-18/h3-13H,2,14-15H2,1H3,(H,24,27). The molecule has 1 amide bonds. The first-order valence-electron chi connectivity index (χ1n) is 9.81. The Morgan fingerprint density at radius 1 is 1.00 bits per heavy atom. The number of ether oxygens (including phenoxy) is 2. The number of carbonyl (C=O) groups excluding carboxylic acids is 1. The molecule has 0 aliphatic heterocycles. The maximum Gasteiger partial charge on any atom is 0.258 e. The monoisotopic (exact) mass is 419 g/mol. The van der Waals surface area contributed by atoms with E-state index < -0.39 is 0 Å². The first-order chi connectivity index (χ1) is 15.2. The molecule has 8 heteroatoms. The maximum absolute atomic E-state index is 12.1. The van der Waals surface area contributed by atoms with Crippen LogP contribution in [-0.4, -0.2) is 29.3 Å². The predicted molar refractivity (Wildman–Crippen MR) is 112 cm³/mol. The van der Waals surface area contributed by atoms with Gasteiger partial charge >= 0.3 is 0 Å². The Labute approximate surface area is 178 Å². The third kappa shape index (κ3) is 5.11. The third-order valence-electron chi connectivity index (χ3n) is 4.35. The molecule has 31 heavy (non-hydrogen) atoms. The van der Waals surface area contributed by atoms with Crippen LogP contribution in [0.1, 0.15) is 12.7 Å². The molecule has 0 saturated heterocycles. The molecule has 2 heterocycles. The summed E-state index contributed by atoms with van der Waals surface area (Å²) in [6.07, 6.45) is 1.56. The Kier molecular flexibility index (Phi) is 6.27. The topological polar surface area (TPSA) is 99.6 Å². The number of hydrogen-bond acceptors (Lipinski definition) is 7. The largest absolute Gasteiger partial charge is 0.490 e. The van der Waals surface area contributed by atoms with Gasteiger partial charge in [0.15, 0.2) is 18.1 Å². The summed E-state index contributed by atoms with van der Waals surface area (Å²) < 4.78 is 21.9. The molecule has 1 N–H and O–H groups in total. The number of hydrogen-bond donors (Lipinski definition) is 1. The van der Waals surface area contributed by atoms with Gasteiger partial charge in [0, 0.05) is 11.1 Å². The van der Waals surface area contributed by atoms with Gasteiger partial charge in [-0.2, -0.15) is 4.98 Å². The second kappa shape index (κ2) is 9.62. The van der Waals surface area contributed by atoms with Crippen LogP contribution in [0.4, 0.5) is 0 Å². The summed E-state index contributed by atoms with van der Waals surface area (Å²) in [4.78, 5) is 16.5. The Hall–Kier alpha value is -4.07. The Morgan fingerprint density at radius 3 is 2.65 bits per heavy atom. The Balaban J connectivity index is 1.44. The SMILES string of the molecule is CCOc1cc(-c2noc(-c3ccccc3)n2)ccc1OCC(=O)NCc1ccco1. The van der Waals surface area contributed by atoms with Crippen molar-refractivity contribution >= 4 is 5.91 Å². The minimum absolute atomic E-state index is 0.152. The summed E-state index contributed by atoms with van der Waals surface area (Å²) in [7, 11) is 0. The van der Waals surface area contributed by atoms with Crippen LogP contribution >= 0.6 is 0 Å². The van der Waals surface area contributed by atoms with Crippen LogP contribution in [0.3, 0.4) is 0 Å². The second-order valence-corrected chi connectivity index (χ2v) is 6.53. The van der Waals surface area contributed by atoms with E-state index in [2.05, 4.69) is 15.5 Å². The van der Waals surface area contributed by atoms with Crippen molar-refractivity contribution in [1.29, 1.82) is 0 Å². The van der Waals surface area contributed by atoms with Crippen LogP contribution < -0.4 is 14.8 Å². The highest BCUT2D eigenvalue weighted by atomic mass is 16.5. The highest BCUT2D eigenvalue weighted by Crippen LogP contribution is 2.32. The molecule has 0 radical (unpaired) electrons. The van der Waals surface area contributed by atoms with Crippen LogP contribution in [0.5, 0.6) is 11.5 Å². The summed E-state index contributed by atoms with van der Waals surface area (Å²) in [5.74, 6) is 2.20. The molecule has 0 fully saturated rings. The van der Waals surface area contributed by atoms with E-state index in [-0.39, 0.29) is 12.5 Å². The smallest absolute Gasteiger partial charge is 0.258 e. The van der Waals surface area contributed by atoms with Gasteiger partial charge in [-0.1, -0.05) is 23.4 Å². The zero-order chi connectivity index (χ0) is 21.5. The van der Waals surface area contributed by atoms with Crippen molar-refractivity contribution in [2.24, 2.45) is 0 Å². The van der Waals surface area contributed by atoms with Crippen molar-refractivity contribution in [2.45, 2.75) is 13.5 Å². The second-order valence-electron chi connectivity index (χ2n) is 6.53. The lowest BCUT2D eigenvalue weighted by Gasteiger charge is -2.12. The fraction of sp³-hybridized carbons (Fsp3) is 0.174. The van der Waals surface area contributed by atoms with E-state index in [9.17, 15) is 4.79 Å². The zero-order valence-electron chi connectivity index (χ0n) is 16.9. The molecule has 4 rings (SSSR count). The fourth-order valence-electron chi connectivity index (χ4n) is 2.87. The molecule has 0 unspecified atom stereocenters. The van der Waals surface area contributed by atoms with Crippen LogP contribution in [0, 0.1) is 0 Å². The van der Waals surface area contributed by atoms with Crippen molar-refractivity contribution in [3.05, 3.63) is 72.7 Å². The molecule has 0 spiro atoms. The summed E-state index contributed by atoms with van der Waals surface area (Å²) in [5, 5.41) is 6.79. The highest BCUT2D eigenvalue weighted by Gasteiger charge is 2.15. The lowest BCUT2D eigenvalue weighted by atomic mass is 10.2. The number of nitrogens with one attached hydrogen (secondary N) is 1. The van der Waals surface area contributed by atoms with Gasteiger partial charge in [-0.15, -0.1) is 0 Å². The summed E-state index contributed by atoms with van der Waals surface area (Å²) in [5.41, 5.74) is 1.55. The quantitative estimate of drug-likeness (QED) is 0.436. The summed E-state index contributed by atoms with van der Waals surface area (Å²) in [6, 6.07) is 18.4. The number of amides is 1. The van der Waals surface area contributed by atoms with Crippen molar-refractivity contribution < 1.29 is 23.2 Å². The van der Waals surface area contributed by atoms with E-state index in [4.69, 9.17) is 18.4 Å². The molecular weight excluding hydrogens is 398 g/mol. The first-order valence-corrected chi connectivity index (χ1v) is 9.81. The molecule has 0 aliphatic rings. The lowest BCUT2D eigenvalue weighted by Crippen LogP contribution is -2.28. The fourth-order valence-corrected chi connectivity index (χ4v) is 2.87. The number of carbonyl (C=O) groups is 1. The number of furan rings is 1. The van der Waals surface area contributed by atoms with Crippen molar-refractivity contribution in [3.8, 4) is 34.3 Å². The Bertz CT molecular complexity index is 1120. The molecule has 8 nitrogen and oxygen atoms in total. The van der Waals surface area contributed by atoms with E-state index in [1.807, 2.05) is 37.3 Å². The molecule has 2 aromatic heterocycles. The van der Waals surface area contributed by atoms with Gasteiger partial charge in [0.1, 0.15) is 5.76 Å². The van der Waals surface area contributed by atoms with Crippen molar-refractivity contribution in [1.82, 2.24) is 15.5 Å². The van der Waals surface area contributed by atoms with Crippen LogP contribution in [0.2, 0.25) is 0 Å². The summed E-state index contributed by atoms with van der Waals surface area (Å²) in [6.45, 7) is 2.45. The number of aromatic nitrogens is 2. The minimum atomic E-state index is -0.270. The van der Waals surface area contributed by atoms with Crippen molar-refractivity contribution in [2.75, 3.05) is 13.2 Å². The molecule has 4 aromatic rings. The van der Waals surface area contributed by atoms with Gasteiger partial charge < -0.3 is 23.7 Å². The summed E-state index contributed by atoms with van der Waals surface area (Å²) >= 11 is 0. The molecule has 0 bridgehead atoms. The van der Waals surface area contributed by atoms with Gasteiger partial charge in [0.05, 0.1) is 19.4 Å². The number of nitrogens with zero attached hydrogens (tertiary/aromatic N) is 2. The first kappa shape index (κ1) is 20.2. The average Bonchev–Trinajstić information content (AvgIpc) is 3.50. The van der Waals surface area contributed by atoms with Gasteiger partial charge in [-0.3, -0.25) is 4.79 Å². The predicted octanol–water partition coefficient (Wildman–Crippen LogP) is 4.09. The zero-order valence-corrected chi connectivity index (χ0v) is 16.9. The van der Waals surface area contributed by atoms with E-state index in [1.54, 1.807) is 36.6 Å². The van der Waals surface area contributed by atoms with Crippen LogP contribution in [0.15, 0.2) is 75.9 Å². The molecule has 158 valence electrons. The van der Waals surface area contributed by atoms with Crippen LogP contribution in [0.25, 0.3) is 22.8 Å². The highest BCUT2D eigenvalue weighted by molar-refractivity contribution is 5.77. The molecule has 0 saturated carbocycles. The van der Waals surface area contributed by atoms with E-state index >= 15 is 0 Å². The number of rotatable bonds is 9.